The summed E-state index contributed by atoms with van der Waals surface area (Å²) in [5, 5.41) is 15.6. The number of ether oxygens (including phenoxy) is 1. The molecule has 12 heteroatoms. The van der Waals surface area contributed by atoms with E-state index in [0.717, 1.165) is 23.3 Å². The molecule has 0 saturated carbocycles. The Morgan fingerprint density at radius 1 is 1.11 bits per heavy atom. The molecule has 1 atom stereocenters. The third kappa shape index (κ3) is 4.64. The van der Waals surface area contributed by atoms with Crippen molar-refractivity contribution >= 4 is 45.9 Å². The van der Waals surface area contributed by atoms with Crippen LogP contribution in [0.2, 0.25) is 5.02 Å². The van der Waals surface area contributed by atoms with Crippen molar-refractivity contribution < 1.29 is 9.53 Å². The van der Waals surface area contributed by atoms with Gasteiger partial charge in [-0.05, 0) is 42.8 Å². The second-order valence-electron chi connectivity index (χ2n) is 8.58. The van der Waals surface area contributed by atoms with Gasteiger partial charge in [0, 0.05) is 37.1 Å². The zero-order valence-corrected chi connectivity index (χ0v) is 20.3. The van der Waals surface area contributed by atoms with Crippen LogP contribution >= 0.6 is 11.6 Å². The molecule has 0 radical (unpaired) electrons. The molecule has 1 amide bonds. The van der Waals surface area contributed by atoms with Crippen LogP contribution in [-0.2, 0) is 4.79 Å². The Balaban J connectivity index is 1.17. The molecule has 1 aliphatic heterocycles. The number of nitrogens with zero attached hydrogens (tertiary/aromatic N) is 7. The van der Waals surface area contributed by atoms with Gasteiger partial charge in [-0.15, -0.1) is 0 Å². The molecule has 0 bridgehead atoms. The summed E-state index contributed by atoms with van der Waals surface area (Å²) >= 11 is 6.52. The van der Waals surface area contributed by atoms with Gasteiger partial charge in [0.05, 0.1) is 16.9 Å². The number of amides is 1. The average molecular weight is 516 g/mol. The van der Waals surface area contributed by atoms with Crippen molar-refractivity contribution in [1.29, 1.82) is 0 Å². The number of likely N-dealkylation sites (tertiary alicyclic amines) is 1. The molecule has 5 aromatic rings. The van der Waals surface area contributed by atoms with Crippen LogP contribution in [0.3, 0.4) is 0 Å². The van der Waals surface area contributed by atoms with E-state index in [0.29, 0.717) is 41.1 Å². The van der Waals surface area contributed by atoms with Gasteiger partial charge in [0.15, 0.2) is 11.5 Å². The molecule has 186 valence electrons. The minimum atomic E-state index is -0.0461. The predicted octanol–water partition coefficient (Wildman–Crippen LogP) is 4.16. The first-order valence-corrected chi connectivity index (χ1v) is 12.0. The van der Waals surface area contributed by atoms with E-state index in [4.69, 9.17) is 16.3 Å². The van der Waals surface area contributed by atoms with E-state index in [9.17, 15) is 4.79 Å². The van der Waals surface area contributed by atoms with Crippen LogP contribution in [0.15, 0.2) is 74.1 Å². The Hall–Kier alpha value is -4.64. The summed E-state index contributed by atoms with van der Waals surface area (Å²) in [4.78, 5) is 22.2. The topological polar surface area (TPSA) is 114 Å². The zero-order chi connectivity index (χ0) is 25.4. The van der Waals surface area contributed by atoms with Gasteiger partial charge < -0.3 is 20.3 Å². The van der Waals surface area contributed by atoms with E-state index in [-0.39, 0.29) is 11.9 Å². The number of hydrogen-bond acceptors (Lipinski definition) is 8. The van der Waals surface area contributed by atoms with Crippen molar-refractivity contribution in [3.05, 3.63) is 79.1 Å². The van der Waals surface area contributed by atoms with Gasteiger partial charge in [0.2, 0.25) is 5.91 Å². The van der Waals surface area contributed by atoms with Crippen LogP contribution in [0.1, 0.15) is 6.42 Å². The number of carbonyl (C=O) groups excluding carboxylic acids is 1. The van der Waals surface area contributed by atoms with Gasteiger partial charge in [0.25, 0.3) is 0 Å². The van der Waals surface area contributed by atoms with Crippen LogP contribution < -0.4 is 15.4 Å². The Labute approximate surface area is 216 Å². The largest absolute Gasteiger partial charge is 0.456 e. The maximum atomic E-state index is 11.9. The van der Waals surface area contributed by atoms with Crippen molar-refractivity contribution in [2.24, 2.45) is 0 Å². The molecule has 5 heterocycles. The van der Waals surface area contributed by atoms with Crippen LogP contribution in [-0.4, -0.2) is 59.1 Å². The third-order valence-corrected chi connectivity index (χ3v) is 6.42. The first kappa shape index (κ1) is 22.8. The van der Waals surface area contributed by atoms with E-state index in [1.165, 1.54) is 18.7 Å². The lowest BCUT2D eigenvalue weighted by Gasteiger charge is -2.15. The molecule has 6 rings (SSSR count). The number of anilines is 3. The first-order chi connectivity index (χ1) is 18.1. The quantitative estimate of drug-likeness (QED) is 0.311. The van der Waals surface area contributed by atoms with Gasteiger partial charge in [-0.3, -0.25) is 4.79 Å². The highest BCUT2D eigenvalue weighted by atomic mass is 35.5. The number of rotatable bonds is 7. The highest BCUT2D eigenvalue weighted by Gasteiger charge is 2.25. The maximum Gasteiger partial charge on any atom is 0.246 e. The molecule has 37 heavy (non-hydrogen) atoms. The molecule has 1 aliphatic rings. The fraction of sp³-hybridized carbons (Fsp3) is 0.160. The lowest BCUT2D eigenvalue weighted by molar-refractivity contribution is -0.125. The number of fused-ring (bicyclic) bond motifs is 2. The second-order valence-corrected chi connectivity index (χ2v) is 8.99. The summed E-state index contributed by atoms with van der Waals surface area (Å²) in [6, 6.07) is 11.1. The molecule has 1 saturated heterocycles. The molecule has 4 aromatic heterocycles. The molecule has 11 nitrogen and oxygen atoms in total. The van der Waals surface area contributed by atoms with Crippen LogP contribution in [0.5, 0.6) is 11.5 Å². The van der Waals surface area contributed by atoms with E-state index >= 15 is 0 Å². The number of pyridine rings is 1. The van der Waals surface area contributed by atoms with Crippen LogP contribution in [0.4, 0.5) is 17.2 Å². The second kappa shape index (κ2) is 9.43. The molecule has 1 aromatic carbocycles. The lowest BCUT2D eigenvalue weighted by Crippen LogP contribution is -2.30. The minimum absolute atomic E-state index is 0.0461. The van der Waals surface area contributed by atoms with E-state index < -0.39 is 0 Å². The SMILES string of the molecule is C=CC(=O)N1CCC(Nc2cc3c(Nc4ccc(Oc5ccn6ncnc6c5)c(Cl)c4)ncnn3c2)C1. The Morgan fingerprint density at radius 2 is 1.97 bits per heavy atom. The van der Waals surface area contributed by atoms with E-state index in [1.54, 1.807) is 44.4 Å². The molecule has 0 aliphatic carbocycles. The zero-order valence-electron chi connectivity index (χ0n) is 19.6. The minimum Gasteiger partial charge on any atom is -0.456 e. The van der Waals surface area contributed by atoms with Crippen LogP contribution in [0.25, 0.3) is 11.2 Å². The summed E-state index contributed by atoms with van der Waals surface area (Å²) in [7, 11) is 0. The summed E-state index contributed by atoms with van der Waals surface area (Å²) in [6.07, 6.45) is 8.85. The normalized spacial score (nSPS) is 15.3. The van der Waals surface area contributed by atoms with Crippen molar-refractivity contribution in [1.82, 2.24) is 34.1 Å². The fourth-order valence-corrected chi connectivity index (χ4v) is 4.55. The Morgan fingerprint density at radius 3 is 2.84 bits per heavy atom. The van der Waals surface area contributed by atoms with Crippen molar-refractivity contribution in [3.8, 4) is 11.5 Å². The average Bonchev–Trinajstić information content (AvgIpc) is 3.65. The van der Waals surface area contributed by atoms with Crippen molar-refractivity contribution in [2.45, 2.75) is 12.5 Å². The smallest absolute Gasteiger partial charge is 0.246 e. The highest BCUT2D eigenvalue weighted by molar-refractivity contribution is 6.32. The third-order valence-electron chi connectivity index (χ3n) is 6.13. The maximum absolute atomic E-state index is 11.9. The number of aromatic nitrogens is 6. The number of hydrogen-bond donors (Lipinski definition) is 2. The van der Waals surface area contributed by atoms with Crippen LogP contribution in [0, 0.1) is 0 Å². The van der Waals surface area contributed by atoms with E-state index in [1.807, 2.05) is 18.3 Å². The van der Waals surface area contributed by atoms with Gasteiger partial charge in [-0.2, -0.15) is 10.2 Å². The first-order valence-electron chi connectivity index (χ1n) is 11.6. The lowest BCUT2D eigenvalue weighted by atomic mass is 10.2. The predicted molar refractivity (Wildman–Crippen MR) is 140 cm³/mol. The summed E-state index contributed by atoms with van der Waals surface area (Å²) in [6.45, 7) is 4.91. The highest BCUT2D eigenvalue weighted by Crippen LogP contribution is 2.33. The van der Waals surface area contributed by atoms with Gasteiger partial charge in [0.1, 0.15) is 29.7 Å². The molecule has 1 fully saturated rings. The van der Waals surface area contributed by atoms with Gasteiger partial charge in [-0.1, -0.05) is 18.2 Å². The number of halogens is 1. The van der Waals surface area contributed by atoms with Gasteiger partial charge in [-0.25, -0.2) is 19.0 Å². The Bertz CT molecular complexity index is 1630. The summed E-state index contributed by atoms with van der Waals surface area (Å²) in [5.74, 6) is 1.70. The summed E-state index contributed by atoms with van der Waals surface area (Å²) in [5.41, 5.74) is 3.11. The molecule has 1 unspecified atom stereocenters. The summed E-state index contributed by atoms with van der Waals surface area (Å²) < 4.78 is 9.35. The molecule has 2 N–H and O–H groups in total. The standard InChI is InChI=1S/C25H22ClN9O2/c1-2-24(36)33-7-5-17(12-33)31-18-10-21-25(28-15-30-35(21)13-18)32-16-3-4-22(20(26)9-16)37-19-6-8-34-23(11-19)27-14-29-34/h2-4,6,8-11,13-15,17,31H,1,5,7,12H2,(H,28,30,32). The number of carbonyl (C=O) groups is 1. The van der Waals surface area contributed by atoms with E-state index in [2.05, 4.69) is 37.4 Å². The van der Waals surface area contributed by atoms with Gasteiger partial charge >= 0.3 is 0 Å². The van der Waals surface area contributed by atoms with Crippen molar-refractivity contribution in [3.63, 3.8) is 0 Å². The molecule has 0 spiro atoms. The molecular formula is C25H22ClN9O2. The molecular weight excluding hydrogens is 494 g/mol. The Kier molecular flexibility index (Phi) is 5.81. The number of benzene rings is 1. The number of nitrogens with one attached hydrogen (secondary N) is 2. The monoisotopic (exact) mass is 515 g/mol. The fourth-order valence-electron chi connectivity index (χ4n) is 4.33. The van der Waals surface area contributed by atoms with Crippen molar-refractivity contribution in [2.75, 3.05) is 23.7 Å².